The number of hydrogen-bond donors (Lipinski definition) is 0. The molecule has 1 heterocycles. The second-order valence-corrected chi connectivity index (χ2v) is 11.1. The van der Waals surface area contributed by atoms with Crippen molar-refractivity contribution in [2.45, 2.75) is 46.0 Å². The van der Waals surface area contributed by atoms with Gasteiger partial charge in [-0.25, -0.2) is 4.90 Å². The summed E-state index contributed by atoms with van der Waals surface area (Å²) < 4.78 is 0. The van der Waals surface area contributed by atoms with Gasteiger partial charge in [-0.2, -0.15) is 0 Å². The first-order valence-electron chi connectivity index (χ1n) is 11.9. The van der Waals surface area contributed by atoms with Crippen molar-refractivity contribution in [1.29, 1.82) is 0 Å². The van der Waals surface area contributed by atoms with E-state index in [1.807, 2.05) is 26.0 Å². The number of anilines is 1. The highest BCUT2D eigenvalue weighted by atomic mass is 16.2. The fraction of sp³-hybridized carbons (Fsp3) is 0.556. The van der Waals surface area contributed by atoms with Crippen molar-refractivity contribution in [2.24, 2.45) is 47.3 Å². The number of carbonyl (C=O) groups excluding carboxylic acids is 2. The zero-order valence-corrected chi connectivity index (χ0v) is 17.8. The largest absolute Gasteiger partial charge is 0.274 e. The lowest BCUT2D eigenvalue weighted by molar-refractivity contribution is -0.122. The Bertz CT molecular complexity index is 978. The minimum atomic E-state index is -0.173. The fourth-order valence-corrected chi connectivity index (χ4v) is 8.65. The lowest BCUT2D eigenvalue weighted by Crippen LogP contribution is -2.41. The van der Waals surface area contributed by atoms with Gasteiger partial charge < -0.3 is 0 Å². The van der Waals surface area contributed by atoms with Gasteiger partial charge in [0.1, 0.15) is 0 Å². The molecule has 3 nitrogen and oxygen atoms in total. The van der Waals surface area contributed by atoms with Gasteiger partial charge in [0.05, 0.1) is 17.5 Å². The van der Waals surface area contributed by atoms with Crippen LogP contribution < -0.4 is 4.90 Å². The van der Waals surface area contributed by atoms with Gasteiger partial charge in [-0.05, 0) is 92.9 Å². The average Bonchev–Trinajstić information content (AvgIpc) is 3.30. The Labute approximate surface area is 178 Å². The Morgan fingerprint density at radius 2 is 1.20 bits per heavy atom. The van der Waals surface area contributed by atoms with Gasteiger partial charge in [0.15, 0.2) is 0 Å². The van der Waals surface area contributed by atoms with Crippen molar-refractivity contribution in [3.63, 3.8) is 0 Å². The van der Waals surface area contributed by atoms with Crippen LogP contribution in [0, 0.1) is 61.2 Å². The highest BCUT2D eigenvalue weighted by Crippen LogP contribution is 2.63. The fourth-order valence-electron chi connectivity index (χ4n) is 8.65. The number of fused-ring (bicyclic) bond motifs is 5. The Balaban J connectivity index is 1.29. The number of amides is 2. The zero-order valence-electron chi connectivity index (χ0n) is 17.8. The third kappa shape index (κ3) is 2.11. The van der Waals surface area contributed by atoms with E-state index in [0.717, 1.165) is 40.5 Å². The van der Waals surface area contributed by atoms with Crippen LogP contribution >= 0.6 is 0 Å². The van der Waals surface area contributed by atoms with Crippen LogP contribution in [0.3, 0.4) is 0 Å². The van der Waals surface area contributed by atoms with Crippen molar-refractivity contribution in [1.82, 2.24) is 0 Å². The summed E-state index contributed by atoms with van der Waals surface area (Å²) in [6.45, 7) is 4.06. The average molecular weight is 400 g/mol. The van der Waals surface area contributed by atoms with Crippen LogP contribution in [0.15, 0.2) is 41.5 Å². The third-order valence-corrected chi connectivity index (χ3v) is 9.23. The number of benzene rings is 1. The summed E-state index contributed by atoms with van der Waals surface area (Å²) in [5.41, 5.74) is 6.18. The lowest BCUT2D eigenvalue weighted by atomic mass is 9.53. The second kappa shape index (κ2) is 5.75. The molecule has 0 N–H and O–H groups in total. The van der Waals surface area contributed by atoms with Crippen LogP contribution in [0.25, 0.3) is 0 Å². The molecule has 0 aromatic heterocycles. The maximum absolute atomic E-state index is 13.6. The van der Waals surface area contributed by atoms with E-state index in [9.17, 15) is 9.59 Å². The van der Waals surface area contributed by atoms with Crippen molar-refractivity contribution >= 4 is 17.5 Å². The molecule has 154 valence electrons. The maximum Gasteiger partial charge on any atom is 0.238 e. The molecule has 1 aromatic rings. The van der Waals surface area contributed by atoms with Crippen molar-refractivity contribution in [2.75, 3.05) is 4.90 Å². The van der Waals surface area contributed by atoms with Gasteiger partial charge >= 0.3 is 0 Å². The van der Waals surface area contributed by atoms with Crippen LogP contribution in [-0.4, -0.2) is 11.8 Å². The molecule has 0 spiro atoms. The van der Waals surface area contributed by atoms with Crippen LogP contribution in [0.2, 0.25) is 0 Å². The first-order valence-corrected chi connectivity index (χ1v) is 11.9. The van der Waals surface area contributed by atoms with Gasteiger partial charge in [-0.3, -0.25) is 9.59 Å². The number of imide groups is 1. The first kappa shape index (κ1) is 17.5. The molecule has 1 aromatic carbocycles. The van der Waals surface area contributed by atoms with Crippen molar-refractivity contribution in [3.8, 4) is 0 Å². The molecule has 6 bridgehead atoms. The molecule has 0 unspecified atom stereocenters. The minimum Gasteiger partial charge on any atom is -0.274 e. The third-order valence-electron chi connectivity index (χ3n) is 9.23. The van der Waals surface area contributed by atoms with E-state index in [4.69, 9.17) is 0 Å². The summed E-state index contributed by atoms with van der Waals surface area (Å²) in [5, 5.41) is 0. The molecule has 30 heavy (non-hydrogen) atoms. The van der Waals surface area contributed by atoms with E-state index in [1.165, 1.54) is 42.6 Å². The Morgan fingerprint density at radius 3 is 1.70 bits per heavy atom. The molecule has 3 heteroatoms. The molecule has 7 aliphatic rings. The molecule has 6 fully saturated rings. The summed E-state index contributed by atoms with van der Waals surface area (Å²) in [6, 6.07) is 6.06. The number of aryl methyl sites for hydroxylation is 2. The van der Waals surface area contributed by atoms with Crippen molar-refractivity contribution in [3.05, 3.63) is 52.6 Å². The van der Waals surface area contributed by atoms with E-state index in [0.29, 0.717) is 0 Å². The molecule has 1 aliphatic heterocycles. The van der Waals surface area contributed by atoms with Gasteiger partial charge in [0.25, 0.3) is 0 Å². The summed E-state index contributed by atoms with van der Waals surface area (Å²) in [4.78, 5) is 28.7. The molecular weight excluding hydrogens is 370 g/mol. The maximum atomic E-state index is 13.6. The molecule has 6 aliphatic carbocycles. The highest BCUT2D eigenvalue weighted by Gasteiger charge is 2.63. The first-order chi connectivity index (χ1) is 14.5. The number of carbonyl (C=O) groups is 2. The minimum absolute atomic E-state index is 0.0359. The SMILES string of the molecule is Cc1cc(C)cc(N2C(=O)[C@@H]3[C@H](C2=O)[C@@H]2C=C[C@H]3C2=C2C3CC4CC(C3)CC2C4)c1. The lowest BCUT2D eigenvalue weighted by Gasteiger charge is -2.52. The van der Waals surface area contributed by atoms with Gasteiger partial charge in [0, 0.05) is 11.8 Å². The molecule has 1 saturated heterocycles. The van der Waals surface area contributed by atoms with E-state index < -0.39 is 0 Å². The molecule has 2 amide bonds. The summed E-state index contributed by atoms with van der Waals surface area (Å²) in [5.74, 6) is 3.41. The normalized spacial score (nSPS) is 42.8. The number of nitrogens with zero attached hydrogens (tertiary/aromatic N) is 1. The van der Waals surface area contributed by atoms with Gasteiger partial charge in [0.2, 0.25) is 11.8 Å². The van der Waals surface area contributed by atoms with Crippen LogP contribution in [-0.2, 0) is 9.59 Å². The number of allylic oxidation sites excluding steroid dienone is 4. The molecule has 5 saturated carbocycles. The smallest absolute Gasteiger partial charge is 0.238 e. The second-order valence-electron chi connectivity index (χ2n) is 11.1. The zero-order chi connectivity index (χ0) is 20.3. The number of rotatable bonds is 1. The Kier molecular flexibility index (Phi) is 3.36. The number of hydrogen-bond acceptors (Lipinski definition) is 2. The summed E-state index contributed by atoms with van der Waals surface area (Å²) >= 11 is 0. The Morgan fingerprint density at radius 1 is 0.700 bits per heavy atom. The van der Waals surface area contributed by atoms with E-state index in [1.54, 1.807) is 5.57 Å². The van der Waals surface area contributed by atoms with Crippen LogP contribution in [0.1, 0.15) is 43.2 Å². The molecule has 8 rings (SSSR count). The molecular formula is C27H29NO2. The topological polar surface area (TPSA) is 37.4 Å². The molecule has 4 atom stereocenters. The van der Waals surface area contributed by atoms with E-state index in [2.05, 4.69) is 18.2 Å². The van der Waals surface area contributed by atoms with E-state index in [-0.39, 0.29) is 35.5 Å². The summed E-state index contributed by atoms with van der Waals surface area (Å²) in [7, 11) is 0. The highest BCUT2D eigenvalue weighted by molar-refractivity contribution is 6.23. The van der Waals surface area contributed by atoms with Crippen LogP contribution in [0.5, 0.6) is 0 Å². The predicted molar refractivity (Wildman–Crippen MR) is 116 cm³/mol. The van der Waals surface area contributed by atoms with E-state index >= 15 is 0 Å². The Hall–Kier alpha value is -2.16. The summed E-state index contributed by atoms with van der Waals surface area (Å²) in [6.07, 6.45) is 11.4. The molecule has 0 radical (unpaired) electrons. The quantitative estimate of drug-likeness (QED) is 0.493. The van der Waals surface area contributed by atoms with Gasteiger partial charge in [-0.1, -0.05) is 29.4 Å². The predicted octanol–water partition coefficient (Wildman–Crippen LogP) is 4.98. The monoisotopic (exact) mass is 399 g/mol. The standard InChI is InChI=1S/C27H29NO2/c1-13-5-14(2)7-19(6-13)28-26(29)24-20-3-4-21(25(24)27(28)30)23(20)22-17-9-15-8-16(11-17)12-18(22)10-15/h3-7,15-18,20-21,24-25H,8-12H2,1-2H3/t15?,16?,17?,18?,20-,21+,24-,25+. The van der Waals surface area contributed by atoms with Crippen LogP contribution in [0.4, 0.5) is 5.69 Å². The van der Waals surface area contributed by atoms with Gasteiger partial charge in [-0.15, -0.1) is 0 Å². The van der Waals surface area contributed by atoms with Crippen molar-refractivity contribution < 1.29 is 9.59 Å².